The maximum atomic E-state index is 12.6. The molecule has 130 valence electrons. The predicted molar refractivity (Wildman–Crippen MR) is 98.5 cm³/mol. The molecule has 0 spiro atoms. The summed E-state index contributed by atoms with van der Waals surface area (Å²) in [6.07, 6.45) is 3.88. The number of benzene rings is 2. The lowest BCUT2D eigenvalue weighted by Gasteiger charge is -2.07. The van der Waals surface area contributed by atoms with E-state index in [4.69, 9.17) is 4.74 Å². The molecule has 0 saturated carbocycles. The summed E-state index contributed by atoms with van der Waals surface area (Å²) in [5, 5.41) is 12.3. The Morgan fingerprint density at radius 3 is 2.85 bits per heavy atom. The molecule has 2 aromatic heterocycles. The van der Waals surface area contributed by atoms with Gasteiger partial charge in [-0.3, -0.25) is 14.6 Å². The lowest BCUT2D eigenvalue weighted by Crippen LogP contribution is -2.04. The van der Waals surface area contributed by atoms with E-state index in [-0.39, 0.29) is 12.2 Å². The molecular formula is C20H18N4O2. The van der Waals surface area contributed by atoms with Crippen LogP contribution in [0.2, 0.25) is 0 Å². The van der Waals surface area contributed by atoms with Crippen LogP contribution in [0.4, 0.5) is 0 Å². The molecule has 0 atom stereocenters. The van der Waals surface area contributed by atoms with E-state index in [0.717, 1.165) is 27.8 Å². The lowest BCUT2D eigenvalue weighted by atomic mass is 10.1. The highest BCUT2D eigenvalue weighted by molar-refractivity contribution is 6.06. The zero-order chi connectivity index (χ0) is 17.9. The normalized spacial score (nSPS) is 11.0. The van der Waals surface area contributed by atoms with Gasteiger partial charge >= 0.3 is 0 Å². The fourth-order valence-corrected chi connectivity index (χ4v) is 3.04. The predicted octanol–water partition coefficient (Wildman–Crippen LogP) is 3.24. The average molecular weight is 346 g/mol. The van der Waals surface area contributed by atoms with Gasteiger partial charge in [-0.05, 0) is 17.7 Å². The smallest absolute Gasteiger partial charge is 0.188 e. The van der Waals surface area contributed by atoms with Crippen molar-refractivity contribution < 1.29 is 9.53 Å². The number of carbonyl (C=O) groups is 1. The number of methoxy groups -OCH3 is 1. The number of nitrogens with zero attached hydrogens (tertiary/aromatic N) is 3. The van der Waals surface area contributed by atoms with Gasteiger partial charge in [0.25, 0.3) is 0 Å². The van der Waals surface area contributed by atoms with Crippen LogP contribution in [0.1, 0.15) is 21.6 Å². The van der Waals surface area contributed by atoms with Crippen LogP contribution in [0.25, 0.3) is 10.9 Å². The lowest BCUT2D eigenvalue weighted by molar-refractivity contribution is 0.0989. The molecule has 0 aliphatic rings. The van der Waals surface area contributed by atoms with E-state index in [1.807, 2.05) is 59.4 Å². The number of rotatable bonds is 6. The second-order valence-corrected chi connectivity index (χ2v) is 6.08. The number of fused-ring (bicyclic) bond motifs is 1. The average Bonchev–Trinajstić information content (AvgIpc) is 3.29. The molecule has 0 bridgehead atoms. The first kappa shape index (κ1) is 16.1. The molecule has 4 rings (SSSR count). The SMILES string of the molecule is COc1ccccc1Cn1cc(CC(=O)c2n[nH]c3ccccc23)cn1. The van der Waals surface area contributed by atoms with Gasteiger partial charge < -0.3 is 4.74 Å². The van der Waals surface area contributed by atoms with Crippen LogP contribution in [0.15, 0.2) is 60.9 Å². The van der Waals surface area contributed by atoms with Crippen LogP contribution >= 0.6 is 0 Å². The van der Waals surface area contributed by atoms with Crippen LogP contribution in [0.3, 0.4) is 0 Å². The Hall–Kier alpha value is -3.41. The zero-order valence-corrected chi connectivity index (χ0v) is 14.3. The molecule has 6 heteroatoms. The number of ether oxygens (including phenoxy) is 1. The summed E-state index contributed by atoms with van der Waals surface area (Å²) in [7, 11) is 1.65. The number of hydrogen-bond donors (Lipinski definition) is 1. The molecule has 0 saturated heterocycles. The Kier molecular flexibility index (Phi) is 4.23. The Labute approximate surface area is 150 Å². The topological polar surface area (TPSA) is 72.8 Å². The number of H-pyrrole nitrogens is 1. The quantitative estimate of drug-likeness (QED) is 0.544. The molecule has 1 N–H and O–H groups in total. The van der Waals surface area contributed by atoms with Crippen LogP contribution < -0.4 is 4.74 Å². The van der Waals surface area contributed by atoms with E-state index in [9.17, 15) is 4.79 Å². The number of Topliss-reactive ketones (excluding diaryl/α,β-unsaturated/α-hetero) is 1. The van der Waals surface area contributed by atoms with Crippen LogP contribution in [-0.4, -0.2) is 32.9 Å². The summed E-state index contributed by atoms with van der Waals surface area (Å²) >= 11 is 0. The fourth-order valence-electron chi connectivity index (χ4n) is 3.04. The van der Waals surface area contributed by atoms with Gasteiger partial charge in [-0.2, -0.15) is 10.2 Å². The fraction of sp³-hybridized carbons (Fsp3) is 0.150. The number of ketones is 1. The minimum Gasteiger partial charge on any atom is -0.496 e. The number of aromatic amines is 1. The second-order valence-electron chi connectivity index (χ2n) is 6.08. The first-order valence-corrected chi connectivity index (χ1v) is 8.34. The largest absolute Gasteiger partial charge is 0.496 e. The molecule has 0 radical (unpaired) electrons. The van der Waals surface area contributed by atoms with Crippen molar-refractivity contribution in [1.29, 1.82) is 0 Å². The highest BCUT2D eigenvalue weighted by Gasteiger charge is 2.15. The maximum absolute atomic E-state index is 12.6. The number of hydrogen-bond acceptors (Lipinski definition) is 4. The van der Waals surface area contributed by atoms with Crippen molar-refractivity contribution in [2.75, 3.05) is 7.11 Å². The van der Waals surface area contributed by atoms with E-state index in [1.165, 1.54) is 0 Å². The third-order valence-corrected chi connectivity index (χ3v) is 4.31. The zero-order valence-electron chi connectivity index (χ0n) is 14.3. The van der Waals surface area contributed by atoms with Gasteiger partial charge in [-0.15, -0.1) is 0 Å². The molecule has 2 aromatic carbocycles. The van der Waals surface area contributed by atoms with Gasteiger partial charge in [-0.1, -0.05) is 36.4 Å². The molecule has 4 aromatic rings. The minimum absolute atomic E-state index is 0.0284. The summed E-state index contributed by atoms with van der Waals surface area (Å²) in [5.41, 5.74) is 3.23. The number of aromatic nitrogens is 4. The third kappa shape index (κ3) is 3.09. The van der Waals surface area contributed by atoms with E-state index in [0.29, 0.717) is 12.2 Å². The first-order valence-electron chi connectivity index (χ1n) is 8.34. The van der Waals surface area contributed by atoms with Crippen molar-refractivity contribution in [2.45, 2.75) is 13.0 Å². The van der Waals surface area contributed by atoms with E-state index in [2.05, 4.69) is 15.3 Å². The molecule has 0 aliphatic heterocycles. The van der Waals surface area contributed by atoms with Crippen molar-refractivity contribution in [3.63, 3.8) is 0 Å². The molecule has 0 amide bonds. The summed E-state index contributed by atoms with van der Waals surface area (Å²) in [5.74, 6) is 0.794. The van der Waals surface area contributed by atoms with Crippen LogP contribution in [0.5, 0.6) is 5.75 Å². The highest BCUT2D eigenvalue weighted by atomic mass is 16.5. The Morgan fingerprint density at radius 2 is 1.96 bits per heavy atom. The Morgan fingerprint density at radius 1 is 1.15 bits per heavy atom. The van der Waals surface area contributed by atoms with Crippen LogP contribution in [0, 0.1) is 0 Å². The molecule has 0 aliphatic carbocycles. The highest BCUT2D eigenvalue weighted by Crippen LogP contribution is 2.19. The monoisotopic (exact) mass is 346 g/mol. The number of carbonyl (C=O) groups excluding carboxylic acids is 1. The summed E-state index contributed by atoms with van der Waals surface area (Å²) in [6, 6.07) is 15.4. The van der Waals surface area contributed by atoms with Gasteiger partial charge in [0.05, 0.1) is 25.4 Å². The summed E-state index contributed by atoms with van der Waals surface area (Å²) in [6.45, 7) is 0.587. The van der Waals surface area contributed by atoms with Crippen molar-refractivity contribution in [3.8, 4) is 5.75 Å². The Balaban J connectivity index is 1.51. The molecule has 0 unspecified atom stereocenters. The van der Waals surface area contributed by atoms with Crippen molar-refractivity contribution in [1.82, 2.24) is 20.0 Å². The van der Waals surface area contributed by atoms with Crippen LogP contribution in [-0.2, 0) is 13.0 Å². The van der Waals surface area contributed by atoms with Crippen molar-refractivity contribution in [2.24, 2.45) is 0 Å². The first-order chi connectivity index (χ1) is 12.7. The molecule has 26 heavy (non-hydrogen) atoms. The summed E-state index contributed by atoms with van der Waals surface area (Å²) in [4.78, 5) is 12.6. The van der Waals surface area contributed by atoms with Gasteiger partial charge in [0, 0.05) is 23.6 Å². The van der Waals surface area contributed by atoms with Gasteiger partial charge in [0.15, 0.2) is 5.78 Å². The second kappa shape index (κ2) is 6.84. The maximum Gasteiger partial charge on any atom is 0.188 e. The van der Waals surface area contributed by atoms with Gasteiger partial charge in [-0.25, -0.2) is 0 Å². The van der Waals surface area contributed by atoms with E-state index >= 15 is 0 Å². The third-order valence-electron chi connectivity index (χ3n) is 4.31. The van der Waals surface area contributed by atoms with Crippen molar-refractivity contribution >= 4 is 16.7 Å². The van der Waals surface area contributed by atoms with Crippen molar-refractivity contribution in [3.05, 3.63) is 77.7 Å². The molecular weight excluding hydrogens is 328 g/mol. The van der Waals surface area contributed by atoms with Gasteiger partial charge in [0.2, 0.25) is 0 Å². The number of para-hydroxylation sites is 2. The minimum atomic E-state index is -0.0284. The van der Waals surface area contributed by atoms with E-state index < -0.39 is 0 Å². The molecule has 6 nitrogen and oxygen atoms in total. The molecule has 2 heterocycles. The van der Waals surface area contributed by atoms with Gasteiger partial charge in [0.1, 0.15) is 11.4 Å². The summed E-state index contributed by atoms with van der Waals surface area (Å²) < 4.78 is 7.18. The van der Waals surface area contributed by atoms with E-state index in [1.54, 1.807) is 13.3 Å². The number of nitrogens with one attached hydrogen (secondary N) is 1. The molecule has 0 fully saturated rings. The standard InChI is InChI=1S/C20H18N4O2/c1-26-19-9-5-2-6-15(19)13-24-12-14(11-21-24)10-18(25)20-16-7-3-4-8-17(16)22-23-20/h2-9,11-12H,10,13H2,1H3,(H,22,23). The Bertz CT molecular complexity index is 1060.